The van der Waals surface area contributed by atoms with Gasteiger partial charge in [-0.2, -0.15) is 0 Å². The lowest BCUT2D eigenvalue weighted by atomic mass is 10.2. The molecule has 30 heavy (non-hydrogen) atoms. The Morgan fingerprint density at radius 3 is 2.60 bits per heavy atom. The maximum Gasteiger partial charge on any atom is 0.270 e. The van der Waals surface area contributed by atoms with Crippen LogP contribution >= 0.6 is 23.4 Å². The fraction of sp³-hybridized carbons (Fsp3) is 0.111. The Labute approximate surface area is 179 Å². The highest BCUT2D eigenvalue weighted by Gasteiger charge is 2.15. The molecule has 0 aliphatic heterocycles. The van der Waals surface area contributed by atoms with E-state index in [2.05, 4.69) is 21.0 Å². The molecule has 1 aromatic heterocycles. The molecule has 0 fully saturated rings. The monoisotopic (exact) mass is 446 g/mol. The molecule has 0 aliphatic carbocycles. The molecule has 0 saturated heterocycles. The molecule has 0 radical (unpaired) electrons. The summed E-state index contributed by atoms with van der Waals surface area (Å²) in [6, 6.07) is 12.3. The Kier molecular flexibility index (Phi) is 6.65. The molecule has 1 heterocycles. The predicted molar refractivity (Wildman–Crippen MR) is 111 cm³/mol. The Hall–Kier alpha value is -3.44. The van der Waals surface area contributed by atoms with Gasteiger partial charge in [-0.05, 0) is 30.3 Å². The van der Waals surface area contributed by atoms with Gasteiger partial charge >= 0.3 is 0 Å². The summed E-state index contributed by atoms with van der Waals surface area (Å²) in [7, 11) is 1.77. The van der Waals surface area contributed by atoms with Crippen LogP contribution in [0.15, 0.2) is 53.7 Å². The van der Waals surface area contributed by atoms with E-state index in [0.29, 0.717) is 16.0 Å². The van der Waals surface area contributed by atoms with Crippen LogP contribution < -0.4 is 10.9 Å². The summed E-state index contributed by atoms with van der Waals surface area (Å²) in [5.41, 5.74) is 5.15. The number of non-ortho nitro benzene ring substituents is 1. The van der Waals surface area contributed by atoms with Crippen molar-refractivity contribution < 1.29 is 14.5 Å². The van der Waals surface area contributed by atoms with Crippen molar-refractivity contribution in [2.24, 2.45) is 7.05 Å². The third-order valence-corrected chi connectivity index (χ3v) is 5.18. The first-order valence-electron chi connectivity index (χ1n) is 8.47. The molecule has 3 rings (SSSR count). The molecule has 0 atom stereocenters. The minimum absolute atomic E-state index is 0.0260. The average Bonchev–Trinajstić information content (AvgIpc) is 3.11. The number of aromatic nitrogens is 3. The number of benzene rings is 2. The Balaban J connectivity index is 1.54. The van der Waals surface area contributed by atoms with Crippen molar-refractivity contribution in [2.75, 3.05) is 5.75 Å². The van der Waals surface area contributed by atoms with Crippen molar-refractivity contribution in [2.45, 2.75) is 5.16 Å². The smallest absolute Gasteiger partial charge is 0.270 e. The SMILES string of the molecule is Cn1c(SCC(=O)NNC(=O)c2cccc([N+](=O)[O-])c2)nnc1-c1ccc(Cl)cc1. The molecule has 0 bridgehead atoms. The molecule has 0 unspecified atom stereocenters. The first-order chi connectivity index (χ1) is 14.3. The highest BCUT2D eigenvalue weighted by molar-refractivity contribution is 7.99. The van der Waals surface area contributed by atoms with Gasteiger partial charge in [-0.3, -0.25) is 30.6 Å². The molecule has 2 amide bonds. The van der Waals surface area contributed by atoms with E-state index in [1.165, 1.54) is 18.2 Å². The fourth-order valence-corrected chi connectivity index (χ4v) is 3.25. The molecule has 0 saturated carbocycles. The summed E-state index contributed by atoms with van der Waals surface area (Å²) in [6.07, 6.45) is 0. The zero-order chi connectivity index (χ0) is 21.7. The number of amides is 2. The molecule has 0 aliphatic rings. The zero-order valence-electron chi connectivity index (χ0n) is 15.5. The largest absolute Gasteiger partial charge is 0.305 e. The van der Waals surface area contributed by atoms with E-state index in [4.69, 9.17) is 11.6 Å². The number of hydrazine groups is 1. The van der Waals surface area contributed by atoms with E-state index in [9.17, 15) is 19.7 Å². The van der Waals surface area contributed by atoms with Crippen LogP contribution in [0.5, 0.6) is 0 Å². The molecule has 3 aromatic rings. The number of rotatable bonds is 6. The molecule has 154 valence electrons. The lowest BCUT2D eigenvalue weighted by Crippen LogP contribution is -2.42. The minimum Gasteiger partial charge on any atom is -0.305 e. The summed E-state index contributed by atoms with van der Waals surface area (Å²) in [6.45, 7) is 0. The number of carbonyl (C=O) groups is 2. The zero-order valence-corrected chi connectivity index (χ0v) is 17.1. The van der Waals surface area contributed by atoms with E-state index in [0.717, 1.165) is 23.4 Å². The van der Waals surface area contributed by atoms with Gasteiger partial charge in [0.1, 0.15) is 0 Å². The van der Waals surface area contributed by atoms with Gasteiger partial charge in [0, 0.05) is 35.3 Å². The van der Waals surface area contributed by atoms with E-state index >= 15 is 0 Å². The van der Waals surface area contributed by atoms with Crippen molar-refractivity contribution in [3.63, 3.8) is 0 Å². The first-order valence-corrected chi connectivity index (χ1v) is 9.83. The van der Waals surface area contributed by atoms with Crippen LogP contribution in [0.2, 0.25) is 5.02 Å². The number of nitro groups is 1. The molecular formula is C18H15ClN6O4S. The molecular weight excluding hydrogens is 432 g/mol. The van der Waals surface area contributed by atoms with Crippen LogP contribution in [0.3, 0.4) is 0 Å². The van der Waals surface area contributed by atoms with Gasteiger partial charge in [0.25, 0.3) is 11.6 Å². The van der Waals surface area contributed by atoms with Gasteiger partial charge < -0.3 is 4.57 Å². The van der Waals surface area contributed by atoms with Crippen molar-refractivity contribution in [1.82, 2.24) is 25.6 Å². The third-order valence-electron chi connectivity index (χ3n) is 3.90. The average molecular weight is 447 g/mol. The van der Waals surface area contributed by atoms with Crippen molar-refractivity contribution in [1.29, 1.82) is 0 Å². The number of halogens is 1. The van der Waals surface area contributed by atoms with Crippen molar-refractivity contribution in [3.8, 4) is 11.4 Å². The van der Waals surface area contributed by atoms with Crippen molar-refractivity contribution in [3.05, 3.63) is 69.2 Å². The molecule has 0 spiro atoms. The van der Waals surface area contributed by atoms with E-state index in [1.807, 2.05) is 12.1 Å². The van der Waals surface area contributed by atoms with Gasteiger partial charge in [-0.1, -0.05) is 29.4 Å². The van der Waals surface area contributed by atoms with Crippen LogP contribution in [0.4, 0.5) is 5.69 Å². The normalized spacial score (nSPS) is 10.5. The summed E-state index contributed by atoms with van der Waals surface area (Å²) in [5.74, 6) is -0.550. The predicted octanol–water partition coefficient (Wildman–Crippen LogP) is 2.60. The highest BCUT2D eigenvalue weighted by Crippen LogP contribution is 2.23. The first kappa shape index (κ1) is 21.3. The van der Waals surface area contributed by atoms with Crippen molar-refractivity contribution >= 4 is 40.9 Å². The number of thioether (sulfide) groups is 1. The van der Waals surface area contributed by atoms with Crippen LogP contribution in [-0.2, 0) is 11.8 Å². The van der Waals surface area contributed by atoms with Gasteiger partial charge in [-0.15, -0.1) is 10.2 Å². The molecule has 10 nitrogen and oxygen atoms in total. The quantitative estimate of drug-likeness (QED) is 0.338. The van der Waals surface area contributed by atoms with Crippen LogP contribution in [0, 0.1) is 10.1 Å². The second-order valence-electron chi connectivity index (χ2n) is 5.97. The summed E-state index contributed by atoms with van der Waals surface area (Å²) in [4.78, 5) is 34.2. The standard InChI is InChI=1S/C18H15ClN6O4S/c1-24-16(11-5-7-13(19)8-6-11)21-23-18(24)30-10-15(26)20-22-17(27)12-3-2-4-14(9-12)25(28)29/h2-9H,10H2,1H3,(H,20,26)(H,22,27). The van der Waals surface area contributed by atoms with Crippen LogP contribution in [0.25, 0.3) is 11.4 Å². The lowest BCUT2D eigenvalue weighted by Gasteiger charge is -2.07. The number of hydrogen-bond acceptors (Lipinski definition) is 7. The van der Waals surface area contributed by atoms with Gasteiger partial charge in [0.2, 0.25) is 5.91 Å². The number of nitrogens with one attached hydrogen (secondary N) is 2. The van der Waals surface area contributed by atoms with E-state index in [-0.39, 0.29) is 17.0 Å². The van der Waals surface area contributed by atoms with Crippen LogP contribution in [0.1, 0.15) is 10.4 Å². The molecule has 2 aromatic carbocycles. The highest BCUT2D eigenvalue weighted by atomic mass is 35.5. The van der Waals surface area contributed by atoms with Gasteiger partial charge in [-0.25, -0.2) is 0 Å². The number of hydrogen-bond donors (Lipinski definition) is 2. The third kappa shape index (κ3) is 5.13. The summed E-state index contributed by atoms with van der Waals surface area (Å²) < 4.78 is 1.74. The second-order valence-corrected chi connectivity index (χ2v) is 7.35. The van der Waals surface area contributed by atoms with Crippen LogP contribution in [-0.4, -0.2) is 37.3 Å². The molecule has 12 heteroatoms. The topological polar surface area (TPSA) is 132 Å². The Morgan fingerprint density at radius 1 is 1.17 bits per heavy atom. The lowest BCUT2D eigenvalue weighted by molar-refractivity contribution is -0.384. The number of nitrogens with zero attached hydrogens (tertiary/aromatic N) is 4. The minimum atomic E-state index is -0.666. The van der Waals surface area contributed by atoms with Gasteiger partial charge in [0.05, 0.1) is 10.7 Å². The molecule has 2 N–H and O–H groups in total. The Morgan fingerprint density at radius 2 is 1.90 bits per heavy atom. The number of nitro benzene ring substituents is 1. The Bertz CT molecular complexity index is 1100. The number of carbonyl (C=O) groups excluding carboxylic acids is 2. The second kappa shape index (κ2) is 9.37. The maximum absolute atomic E-state index is 12.0. The fourth-order valence-electron chi connectivity index (χ4n) is 2.42. The maximum atomic E-state index is 12.0. The summed E-state index contributed by atoms with van der Waals surface area (Å²) >= 11 is 7.03. The van der Waals surface area contributed by atoms with E-state index in [1.54, 1.807) is 23.7 Å². The van der Waals surface area contributed by atoms with E-state index < -0.39 is 16.7 Å². The summed E-state index contributed by atoms with van der Waals surface area (Å²) in [5, 5.41) is 20.1. The van der Waals surface area contributed by atoms with Gasteiger partial charge in [0.15, 0.2) is 11.0 Å².